The van der Waals surface area contributed by atoms with Crippen molar-refractivity contribution in [1.29, 1.82) is 0 Å². The predicted octanol–water partition coefficient (Wildman–Crippen LogP) is 1.76. The number of hydrogen-bond donors (Lipinski definition) is 2. The number of hydrogen-bond acceptors (Lipinski definition) is 3. The number of benzene rings is 1. The number of H-pyrrole nitrogens is 1. The molecule has 0 atom stereocenters. The van der Waals surface area contributed by atoms with E-state index in [4.69, 9.17) is 0 Å². The molecule has 0 saturated carbocycles. The number of nitrogens with zero attached hydrogens (tertiary/aromatic N) is 1. The van der Waals surface area contributed by atoms with E-state index < -0.39 is 0 Å². The van der Waals surface area contributed by atoms with Crippen LogP contribution >= 0.6 is 0 Å². The third kappa shape index (κ3) is 1.82. The summed E-state index contributed by atoms with van der Waals surface area (Å²) in [6.07, 6.45) is 1.53. The Morgan fingerprint density at radius 3 is 2.62 bits per heavy atom. The molecule has 82 valence electrons. The molecule has 0 spiro atoms. The van der Waals surface area contributed by atoms with Gasteiger partial charge >= 0.3 is 0 Å². The zero-order valence-corrected chi connectivity index (χ0v) is 9.11. The Morgan fingerprint density at radius 1 is 1.25 bits per heavy atom. The van der Waals surface area contributed by atoms with Crippen LogP contribution in [0.15, 0.2) is 29.2 Å². The topological polar surface area (TPSA) is 66.0 Å². The second-order valence-electron chi connectivity index (χ2n) is 3.81. The molecule has 1 aromatic heterocycles. The van der Waals surface area contributed by atoms with Gasteiger partial charge in [0.1, 0.15) is 5.75 Å². The Labute approximate surface area is 92.6 Å². The number of rotatable bonds is 1. The van der Waals surface area contributed by atoms with Gasteiger partial charge in [-0.15, -0.1) is 0 Å². The monoisotopic (exact) mass is 216 g/mol. The average molecular weight is 216 g/mol. The van der Waals surface area contributed by atoms with Crippen LogP contribution in [0.1, 0.15) is 11.1 Å². The smallest absolute Gasteiger partial charge is 0.264 e. The van der Waals surface area contributed by atoms with Gasteiger partial charge in [-0.2, -0.15) is 5.10 Å². The van der Waals surface area contributed by atoms with Gasteiger partial charge in [0.05, 0.1) is 6.20 Å². The summed E-state index contributed by atoms with van der Waals surface area (Å²) < 4.78 is 0. The minimum Gasteiger partial charge on any atom is -0.507 e. The zero-order valence-electron chi connectivity index (χ0n) is 9.11. The summed E-state index contributed by atoms with van der Waals surface area (Å²) in [5, 5.41) is 15.9. The van der Waals surface area contributed by atoms with E-state index in [1.807, 2.05) is 19.9 Å². The molecular weight excluding hydrogens is 204 g/mol. The lowest BCUT2D eigenvalue weighted by Gasteiger charge is -2.09. The molecule has 0 fully saturated rings. The Bertz CT molecular complexity index is 565. The van der Waals surface area contributed by atoms with Crippen molar-refractivity contribution in [2.45, 2.75) is 13.8 Å². The van der Waals surface area contributed by atoms with Gasteiger partial charge in [0.2, 0.25) is 0 Å². The molecule has 1 aromatic carbocycles. The molecule has 16 heavy (non-hydrogen) atoms. The van der Waals surface area contributed by atoms with Crippen molar-refractivity contribution >= 4 is 0 Å². The normalized spacial score (nSPS) is 10.4. The minimum absolute atomic E-state index is 0.171. The molecular formula is C12H12N2O2. The van der Waals surface area contributed by atoms with E-state index in [1.165, 1.54) is 12.3 Å². The van der Waals surface area contributed by atoms with Gasteiger partial charge in [-0.25, -0.2) is 5.10 Å². The highest BCUT2D eigenvalue weighted by Crippen LogP contribution is 2.32. The van der Waals surface area contributed by atoms with E-state index in [9.17, 15) is 9.90 Å². The molecule has 2 rings (SSSR count). The van der Waals surface area contributed by atoms with Gasteiger partial charge in [-0.3, -0.25) is 4.79 Å². The van der Waals surface area contributed by atoms with Gasteiger partial charge in [-0.05, 0) is 31.0 Å². The molecule has 1 heterocycles. The highest BCUT2D eigenvalue weighted by Gasteiger charge is 2.09. The van der Waals surface area contributed by atoms with Crippen LogP contribution in [0.25, 0.3) is 11.1 Å². The zero-order chi connectivity index (χ0) is 11.7. The molecule has 0 amide bonds. The Hall–Kier alpha value is -2.10. The highest BCUT2D eigenvalue weighted by molar-refractivity contribution is 5.73. The Balaban J connectivity index is 2.69. The summed E-state index contributed by atoms with van der Waals surface area (Å²) in [6.45, 7) is 3.80. The quantitative estimate of drug-likeness (QED) is 0.763. The third-order valence-corrected chi connectivity index (χ3v) is 2.41. The molecule has 2 aromatic rings. The van der Waals surface area contributed by atoms with Crippen molar-refractivity contribution in [2.24, 2.45) is 0 Å². The summed E-state index contributed by atoms with van der Waals surface area (Å²) in [4.78, 5) is 11.2. The largest absolute Gasteiger partial charge is 0.507 e. The van der Waals surface area contributed by atoms with Crippen molar-refractivity contribution in [3.63, 3.8) is 0 Å². The second kappa shape index (κ2) is 3.81. The van der Waals surface area contributed by atoms with Crippen LogP contribution in [-0.4, -0.2) is 15.3 Å². The summed E-state index contributed by atoms with van der Waals surface area (Å²) in [5.74, 6) is 0.171. The highest BCUT2D eigenvalue weighted by atomic mass is 16.3. The van der Waals surface area contributed by atoms with Crippen LogP contribution in [0.3, 0.4) is 0 Å². The lowest BCUT2D eigenvalue weighted by atomic mass is 9.99. The van der Waals surface area contributed by atoms with Crippen molar-refractivity contribution < 1.29 is 5.11 Å². The molecule has 0 aliphatic carbocycles. The first-order valence-corrected chi connectivity index (χ1v) is 4.93. The van der Waals surface area contributed by atoms with Crippen molar-refractivity contribution in [3.05, 3.63) is 45.9 Å². The second-order valence-corrected chi connectivity index (χ2v) is 3.81. The standard InChI is InChI=1S/C12H12N2O2/c1-7-3-8(2)12(10(15)4-7)9-5-11(16)14-13-6-9/h3-6,15H,1-2H3,(H,14,16). The fourth-order valence-electron chi connectivity index (χ4n) is 1.83. The van der Waals surface area contributed by atoms with E-state index in [-0.39, 0.29) is 11.3 Å². The number of aromatic hydroxyl groups is 1. The first kappa shape index (κ1) is 10.4. The van der Waals surface area contributed by atoms with Crippen LogP contribution in [0.2, 0.25) is 0 Å². The van der Waals surface area contributed by atoms with Crippen LogP contribution < -0.4 is 5.56 Å². The summed E-state index contributed by atoms with van der Waals surface area (Å²) in [5.41, 5.74) is 2.90. The van der Waals surface area contributed by atoms with Crippen LogP contribution in [0.4, 0.5) is 0 Å². The van der Waals surface area contributed by atoms with Gasteiger partial charge in [0.15, 0.2) is 0 Å². The number of aryl methyl sites for hydroxylation is 2. The molecule has 0 saturated heterocycles. The minimum atomic E-state index is -0.281. The van der Waals surface area contributed by atoms with Gasteiger partial charge in [0.25, 0.3) is 5.56 Å². The van der Waals surface area contributed by atoms with Crippen LogP contribution in [0, 0.1) is 13.8 Å². The molecule has 0 aliphatic rings. The maximum absolute atomic E-state index is 11.2. The van der Waals surface area contributed by atoms with Crippen molar-refractivity contribution in [3.8, 4) is 16.9 Å². The third-order valence-electron chi connectivity index (χ3n) is 2.41. The molecule has 4 nitrogen and oxygen atoms in total. The molecule has 4 heteroatoms. The average Bonchev–Trinajstić information content (AvgIpc) is 2.15. The number of aromatic nitrogens is 2. The molecule has 0 unspecified atom stereocenters. The molecule has 0 radical (unpaired) electrons. The Morgan fingerprint density at radius 2 is 2.00 bits per heavy atom. The van der Waals surface area contributed by atoms with E-state index in [0.29, 0.717) is 11.1 Å². The van der Waals surface area contributed by atoms with Gasteiger partial charge < -0.3 is 5.11 Å². The fourth-order valence-corrected chi connectivity index (χ4v) is 1.83. The predicted molar refractivity (Wildman–Crippen MR) is 61.4 cm³/mol. The molecule has 2 N–H and O–H groups in total. The number of aromatic amines is 1. The lowest BCUT2D eigenvalue weighted by molar-refractivity contribution is 0.476. The first-order chi connectivity index (χ1) is 7.58. The lowest BCUT2D eigenvalue weighted by Crippen LogP contribution is -2.05. The summed E-state index contributed by atoms with van der Waals surface area (Å²) >= 11 is 0. The maximum Gasteiger partial charge on any atom is 0.264 e. The van der Waals surface area contributed by atoms with Crippen molar-refractivity contribution in [2.75, 3.05) is 0 Å². The van der Waals surface area contributed by atoms with Crippen LogP contribution in [-0.2, 0) is 0 Å². The van der Waals surface area contributed by atoms with Gasteiger partial charge in [0, 0.05) is 17.2 Å². The van der Waals surface area contributed by atoms with E-state index in [0.717, 1.165) is 11.1 Å². The summed E-state index contributed by atoms with van der Waals surface area (Å²) in [7, 11) is 0. The Kier molecular flexibility index (Phi) is 2.48. The SMILES string of the molecule is Cc1cc(C)c(-c2cn[nH]c(=O)c2)c(O)c1. The maximum atomic E-state index is 11.2. The van der Waals surface area contributed by atoms with Gasteiger partial charge in [-0.1, -0.05) is 6.07 Å². The number of nitrogens with one attached hydrogen (secondary N) is 1. The van der Waals surface area contributed by atoms with Crippen molar-refractivity contribution in [1.82, 2.24) is 10.2 Å². The fraction of sp³-hybridized carbons (Fsp3) is 0.167. The van der Waals surface area contributed by atoms with E-state index in [2.05, 4.69) is 10.2 Å². The molecule has 0 aliphatic heterocycles. The number of phenols is 1. The number of phenolic OH excluding ortho intramolecular Hbond substituents is 1. The first-order valence-electron chi connectivity index (χ1n) is 4.93. The molecule has 0 bridgehead atoms. The van der Waals surface area contributed by atoms with E-state index >= 15 is 0 Å². The van der Waals surface area contributed by atoms with Crippen LogP contribution in [0.5, 0.6) is 5.75 Å². The summed E-state index contributed by atoms with van der Waals surface area (Å²) in [6, 6.07) is 5.05. The van der Waals surface area contributed by atoms with E-state index in [1.54, 1.807) is 6.07 Å².